The van der Waals surface area contributed by atoms with Crippen LogP contribution in [0.1, 0.15) is 5.69 Å². The summed E-state index contributed by atoms with van der Waals surface area (Å²) in [5, 5.41) is 19.7. The van der Waals surface area contributed by atoms with Gasteiger partial charge < -0.3 is 10.3 Å². The van der Waals surface area contributed by atoms with Crippen molar-refractivity contribution >= 4 is 17.7 Å². The average molecular weight is 282 g/mol. The topological polar surface area (TPSA) is 115 Å². The Hall–Kier alpha value is -3.40. The van der Waals surface area contributed by atoms with E-state index in [2.05, 4.69) is 0 Å². The van der Waals surface area contributed by atoms with Crippen molar-refractivity contribution in [3.05, 3.63) is 64.0 Å². The van der Waals surface area contributed by atoms with Crippen LogP contribution in [0.4, 0.5) is 5.69 Å². The van der Waals surface area contributed by atoms with Crippen LogP contribution in [0.5, 0.6) is 0 Å². The number of rotatable bonds is 4. The molecule has 7 heteroatoms. The van der Waals surface area contributed by atoms with Crippen LogP contribution in [0.2, 0.25) is 0 Å². The summed E-state index contributed by atoms with van der Waals surface area (Å²) >= 11 is 0. The molecule has 0 radical (unpaired) electrons. The molecule has 1 aromatic heterocycles. The van der Waals surface area contributed by atoms with E-state index in [1.54, 1.807) is 41.1 Å². The van der Waals surface area contributed by atoms with Gasteiger partial charge in [-0.25, -0.2) is 0 Å². The van der Waals surface area contributed by atoms with Gasteiger partial charge >= 0.3 is 0 Å². The number of non-ortho nitro benzene ring substituents is 1. The van der Waals surface area contributed by atoms with Gasteiger partial charge in [-0.05, 0) is 24.3 Å². The van der Waals surface area contributed by atoms with E-state index >= 15 is 0 Å². The quantitative estimate of drug-likeness (QED) is 0.398. The lowest BCUT2D eigenvalue weighted by Crippen LogP contribution is -2.12. The molecular formula is C14H10N4O3. The second kappa shape index (κ2) is 5.71. The minimum atomic E-state index is -0.829. The summed E-state index contributed by atoms with van der Waals surface area (Å²) in [6, 6.07) is 11.1. The molecule has 1 heterocycles. The monoisotopic (exact) mass is 282 g/mol. The molecule has 7 nitrogen and oxygen atoms in total. The van der Waals surface area contributed by atoms with Gasteiger partial charge in [-0.1, -0.05) is 6.07 Å². The zero-order valence-electron chi connectivity index (χ0n) is 10.8. The lowest BCUT2D eigenvalue weighted by atomic mass is 10.2. The number of carbonyl (C=O) groups is 1. The summed E-state index contributed by atoms with van der Waals surface area (Å²) in [5.74, 6) is -0.829. The molecule has 2 rings (SSSR count). The molecule has 0 saturated heterocycles. The van der Waals surface area contributed by atoms with Crippen LogP contribution in [0.15, 0.2) is 48.2 Å². The average Bonchev–Trinajstić information content (AvgIpc) is 2.92. The van der Waals surface area contributed by atoms with Crippen LogP contribution in [-0.2, 0) is 4.79 Å². The molecule has 0 aliphatic rings. The Labute approximate surface area is 119 Å². The number of hydrogen-bond donors (Lipinski definition) is 1. The van der Waals surface area contributed by atoms with Gasteiger partial charge in [0.15, 0.2) is 0 Å². The van der Waals surface area contributed by atoms with E-state index in [0.717, 1.165) is 0 Å². The van der Waals surface area contributed by atoms with Crippen molar-refractivity contribution in [3.63, 3.8) is 0 Å². The SMILES string of the molecule is N#CC(=Cc1cccn1-c1cccc([N+](=O)[O-])c1)C(N)=O. The van der Waals surface area contributed by atoms with Gasteiger partial charge in [0.05, 0.1) is 10.6 Å². The molecule has 1 aromatic carbocycles. The first-order valence-electron chi connectivity index (χ1n) is 5.86. The molecule has 2 N–H and O–H groups in total. The predicted octanol–water partition coefficient (Wildman–Crippen LogP) is 1.78. The van der Waals surface area contributed by atoms with E-state index in [4.69, 9.17) is 11.0 Å². The Morgan fingerprint density at radius 3 is 2.76 bits per heavy atom. The van der Waals surface area contributed by atoms with Crippen molar-refractivity contribution in [2.24, 2.45) is 5.73 Å². The van der Waals surface area contributed by atoms with Gasteiger partial charge in [0.25, 0.3) is 11.6 Å². The number of nitro groups is 1. The van der Waals surface area contributed by atoms with Gasteiger partial charge in [-0.15, -0.1) is 0 Å². The maximum absolute atomic E-state index is 11.1. The number of nitrogens with zero attached hydrogens (tertiary/aromatic N) is 3. The molecule has 0 aliphatic heterocycles. The number of hydrogen-bond acceptors (Lipinski definition) is 4. The number of aromatic nitrogens is 1. The second-order valence-electron chi connectivity index (χ2n) is 4.11. The molecule has 0 fully saturated rings. The minimum absolute atomic E-state index is 0.0495. The van der Waals surface area contributed by atoms with Crippen LogP contribution in [-0.4, -0.2) is 15.4 Å². The lowest BCUT2D eigenvalue weighted by Gasteiger charge is -2.06. The molecule has 21 heavy (non-hydrogen) atoms. The fraction of sp³-hybridized carbons (Fsp3) is 0. The summed E-state index contributed by atoms with van der Waals surface area (Å²) in [6.07, 6.45) is 3.00. The number of carbonyl (C=O) groups excluding carboxylic acids is 1. The van der Waals surface area contributed by atoms with Gasteiger partial charge in [0.2, 0.25) is 0 Å². The minimum Gasteiger partial charge on any atom is -0.365 e. The standard InChI is InChI=1S/C14H10N4O3/c15-9-10(14(16)19)7-11-5-2-6-17(11)12-3-1-4-13(8-12)18(20)21/h1-8H,(H2,16,19). The van der Waals surface area contributed by atoms with Crippen LogP contribution < -0.4 is 5.73 Å². The summed E-state index contributed by atoms with van der Waals surface area (Å²) in [5.41, 5.74) is 5.91. The fourth-order valence-electron chi connectivity index (χ4n) is 1.81. The normalized spacial score (nSPS) is 10.9. The second-order valence-corrected chi connectivity index (χ2v) is 4.11. The predicted molar refractivity (Wildman–Crippen MR) is 75.2 cm³/mol. The van der Waals surface area contributed by atoms with Crippen molar-refractivity contribution < 1.29 is 9.72 Å². The van der Waals surface area contributed by atoms with E-state index in [9.17, 15) is 14.9 Å². The molecule has 0 spiro atoms. The molecule has 0 bridgehead atoms. The van der Waals surface area contributed by atoms with Crippen molar-refractivity contribution in [1.29, 1.82) is 5.26 Å². The Morgan fingerprint density at radius 1 is 1.38 bits per heavy atom. The highest BCUT2D eigenvalue weighted by Crippen LogP contribution is 2.20. The highest BCUT2D eigenvalue weighted by atomic mass is 16.6. The summed E-state index contributed by atoms with van der Waals surface area (Å²) in [7, 11) is 0. The van der Waals surface area contributed by atoms with Crippen molar-refractivity contribution in [3.8, 4) is 11.8 Å². The number of nitro benzene ring substituents is 1. The Kier molecular flexibility index (Phi) is 3.81. The Bertz CT molecular complexity index is 784. The van der Waals surface area contributed by atoms with Crippen LogP contribution >= 0.6 is 0 Å². The molecule has 0 unspecified atom stereocenters. The van der Waals surface area contributed by atoms with Crippen LogP contribution in [0.25, 0.3) is 11.8 Å². The third-order valence-electron chi connectivity index (χ3n) is 2.78. The first-order valence-corrected chi connectivity index (χ1v) is 5.86. The molecule has 0 aliphatic carbocycles. The summed E-state index contributed by atoms with van der Waals surface area (Å²) < 4.78 is 1.62. The van der Waals surface area contributed by atoms with Crippen LogP contribution in [0.3, 0.4) is 0 Å². The number of nitriles is 1. The Morgan fingerprint density at radius 2 is 2.14 bits per heavy atom. The van der Waals surface area contributed by atoms with Gasteiger partial charge in [-0.2, -0.15) is 5.26 Å². The molecule has 1 amide bonds. The van der Waals surface area contributed by atoms with E-state index in [1.807, 2.05) is 0 Å². The Balaban J connectivity index is 2.51. The van der Waals surface area contributed by atoms with E-state index in [1.165, 1.54) is 18.2 Å². The molecule has 104 valence electrons. The van der Waals surface area contributed by atoms with Crippen molar-refractivity contribution in [1.82, 2.24) is 4.57 Å². The number of amides is 1. The third kappa shape index (κ3) is 2.96. The number of nitrogens with two attached hydrogens (primary N) is 1. The van der Waals surface area contributed by atoms with Gasteiger partial charge in [-0.3, -0.25) is 14.9 Å². The zero-order chi connectivity index (χ0) is 15.4. The van der Waals surface area contributed by atoms with E-state index in [-0.39, 0.29) is 11.3 Å². The third-order valence-corrected chi connectivity index (χ3v) is 2.78. The number of benzene rings is 1. The fourth-order valence-corrected chi connectivity index (χ4v) is 1.81. The molecule has 0 saturated carbocycles. The summed E-state index contributed by atoms with van der Waals surface area (Å²) in [6.45, 7) is 0. The molecule has 2 aromatic rings. The van der Waals surface area contributed by atoms with Crippen molar-refractivity contribution in [2.75, 3.05) is 0 Å². The van der Waals surface area contributed by atoms with E-state index < -0.39 is 10.8 Å². The summed E-state index contributed by atoms with van der Waals surface area (Å²) in [4.78, 5) is 21.4. The van der Waals surface area contributed by atoms with Gasteiger partial charge in [0.1, 0.15) is 11.6 Å². The first-order chi connectivity index (χ1) is 10.0. The first kappa shape index (κ1) is 14.0. The highest BCUT2D eigenvalue weighted by molar-refractivity contribution is 6.00. The molecule has 0 atom stereocenters. The maximum atomic E-state index is 11.1. The van der Waals surface area contributed by atoms with Gasteiger partial charge in [0, 0.05) is 24.0 Å². The zero-order valence-corrected chi connectivity index (χ0v) is 10.8. The highest BCUT2D eigenvalue weighted by Gasteiger charge is 2.10. The van der Waals surface area contributed by atoms with Crippen molar-refractivity contribution in [2.45, 2.75) is 0 Å². The van der Waals surface area contributed by atoms with E-state index in [0.29, 0.717) is 11.4 Å². The van der Waals surface area contributed by atoms with Crippen LogP contribution in [0, 0.1) is 21.4 Å². The largest absolute Gasteiger partial charge is 0.365 e. The number of primary amides is 1. The molecular weight excluding hydrogens is 272 g/mol. The maximum Gasteiger partial charge on any atom is 0.271 e. The smallest absolute Gasteiger partial charge is 0.271 e. The lowest BCUT2D eigenvalue weighted by molar-refractivity contribution is -0.384.